The average Bonchev–Trinajstić information content (AvgIpc) is 3.13. The maximum Gasteiger partial charge on any atom is 0.337 e. The van der Waals surface area contributed by atoms with Crippen LogP contribution in [-0.4, -0.2) is 29.2 Å². The number of aromatic carboxylic acids is 1. The molecule has 1 aliphatic rings. The predicted molar refractivity (Wildman–Crippen MR) is 93.3 cm³/mol. The number of carbonyl (C=O) groups excluding carboxylic acids is 1. The monoisotopic (exact) mass is 342 g/mol. The van der Waals surface area contributed by atoms with Crippen LogP contribution in [0.4, 0.5) is 5.69 Å². The van der Waals surface area contributed by atoms with Crippen LogP contribution in [0.3, 0.4) is 0 Å². The Morgan fingerprint density at radius 3 is 2.71 bits per heavy atom. The Labute approximate surface area is 142 Å². The number of carboxylic acid groups (broad SMARTS) is 1. The van der Waals surface area contributed by atoms with E-state index in [4.69, 9.17) is 4.42 Å². The second-order valence-electron chi connectivity index (χ2n) is 5.14. The van der Waals surface area contributed by atoms with Crippen LogP contribution < -0.4 is 4.90 Å². The average molecular weight is 342 g/mol. The van der Waals surface area contributed by atoms with Gasteiger partial charge in [0.25, 0.3) is 5.91 Å². The summed E-state index contributed by atoms with van der Waals surface area (Å²) < 4.78 is 5.44. The van der Waals surface area contributed by atoms with Crippen molar-refractivity contribution in [2.45, 2.75) is 6.92 Å². The Balaban J connectivity index is 1.87. The quantitative estimate of drug-likeness (QED) is 0.861. The van der Waals surface area contributed by atoms with Crippen LogP contribution in [0.5, 0.6) is 0 Å². The number of aliphatic imine (C=N–C) groups is 1. The Morgan fingerprint density at radius 2 is 2.04 bits per heavy atom. The first kappa shape index (κ1) is 16.1. The lowest BCUT2D eigenvalue weighted by Gasteiger charge is -2.19. The third kappa shape index (κ3) is 3.11. The predicted octanol–water partition coefficient (Wildman–Crippen LogP) is 3.39. The highest BCUT2D eigenvalue weighted by atomic mass is 32.2. The van der Waals surface area contributed by atoms with Crippen molar-refractivity contribution in [1.82, 2.24) is 0 Å². The van der Waals surface area contributed by atoms with E-state index in [1.807, 2.05) is 13.0 Å². The van der Waals surface area contributed by atoms with Gasteiger partial charge >= 0.3 is 5.97 Å². The molecule has 1 aromatic heterocycles. The molecular weight excluding hydrogens is 328 g/mol. The summed E-state index contributed by atoms with van der Waals surface area (Å²) >= 11 is 1.18. The molecule has 1 amide bonds. The third-order valence-electron chi connectivity index (χ3n) is 3.43. The number of anilines is 1. The number of amidine groups is 1. The molecule has 2 aromatic rings. The van der Waals surface area contributed by atoms with E-state index in [1.54, 1.807) is 42.3 Å². The topological polar surface area (TPSA) is 83.1 Å². The van der Waals surface area contributed by atoms with Crippen molar-refractivity contribution < 1.29 is 19.1 Å². The van der Waals surface area contributed by atoms with Gasteiger partial charge in [0.1, 0.15) is 11.5 Å². The lowest BCUT2D eigenvalue weighted by Crippen LogP contribution is -2.24. The van der Waals surface area contributed by atoms with E-state index >= 15 is 0 Å². The molecule has 0 radical (unpaired) electrons. The number of furan rings is 1. The number of carboxylic acids is 1. The zero-order valence-corrected chi connectivity index (χ0v) is 13.8. The van der Waals surface area contributed by atoms with Crippen molar-refractivity contribution in [2.24, 2.45) is 4.99 Å². The van der Waals surface area contributed by atoms with Crippen molar-refractivity contribution in [3.8, 4) is 0 Å². The summed E-state index contributed by atoms with van der Waals surface area (Å²) in [5.74, 6) is -0.0720. The molecule has 1 aliphatic heterocycles. The molecule has 0 spiro atoms. The highest BCUT2D eigenvalue weighted by Gasteiger charge is 2.27. The van der Waals surface area contributed by atoms with Crippen molar-refractivity contribution in [3.05, 3.63) is 58.4 Å². The molecule has 0 atom stereocenters. The zero-order chi connectivity index (χ0) is 17.3. The second-order valence-corrected chi connectivity index (χ2v) is 6.15. The van der Waals surface area contributed by atoms with Crippen LogP contribution in [0.2, 0.25) is 0 Å². The number of carbonyl (C=O) groups is 2. The number of hydrogen-bond acceptors (Lipinski definition) is 5. The Morgan fingerprint density at radius 1 is 1.29 bits per heavy atom. The SMILES string of the molecule is Cc1ccc(/C=C2\SC(N(C)c3ccccc3C(=O)O)=NC2=O)o1. The number of nitrogens with zero attached hydrogens (tertiary/aromatic N) is 2. The molecule has 2 heterocycles. The molecule has 0 saturated carbocycles. The van der Waals surface area contributed by atoms with Gasteiger partial charge in [0.05, 0.1) is 16.2 Å². The molecule has 24 heavy (non-hydrogen) atoms. The summed E-state index contributed by atoms with van der Waals surface area (Å²) in [6, 6.07) is 10.2. The van der Waals surface area contributed by atoms with Crippen molar-refractivity contribution in [1.29, 1.82) is 0 Å². The molecule has 0 saturated heterocycles. The van der Waals surface area contributed by atoms with Crippen LogP contribution in [0, 0.1) is 6.92 Å². The van der Waals surface area contributed by atoms with Gasteiger partial charge in [0, 0.05) is 13.1 Å². The van der Waals surface area contributed by atoms with Gasteiger partial charge in [-0.2, -0.15) is 4.99 Å². The minimum Gasteiger partial charge on any atom is -0.478 e. The van der Waals surface area contributed by atoms with Gasteiger partial charge in [-0.3, -0.25) is 4.79 Å². The third-order valence-corrected chi connectivity index (χ3v) is 4.49. The first-order valence-corrected chi connectivity index (χ1v) is 7.92. The number of thioether (sulfide) groups is 1. The molecule has 3 rings (SSSR count). The number of benzene rings is 1. The maximum absolute atomic E-state index is 12.1. The number of para-hydroxylation sites is 1. The Bertz CT molecular complexity index is 882. The van der Waals surface area contributed by atoms with Gasteiger partial charge in [-0.1, -0.05) is 12.1 Å². The number of hydrogen-bond donors (Lipinski definition) is 1. The van der Waals surface area contributed by atoms with Crippen molar-refractivity contribution in [3.63, 3.8) is 0 Å². The molecule has 0 aliphatic carbocycles. The minimum absolute atomic E-state index is 0.148. The highest BCUT2D eigenvalue weighted by molar-refractivity contribution is 8.18. The normalized spacial score (nSPS) is 15.7. The van der Waals surface area contributed by atoms with E-state index < -0.39 is 5.97 Å². The number of aryl methyl sites for hydroxylation is 1. The summed E-state index contributed by atoms with van der Waals surface area (Å²) in [5, 5.41) is 9.71. The molecule has 6 nitrogen and oxygen atoms in total. The van der Waals surface area contributed by atoms with Crippen LogP contribution >= 0.6 is 11.8 Å². The van der Waals surface area contributed by atoms with Crippen LogP contribution in [0.25, 0.3) is 6.08 Å². The van der Waals surface area contributed by atoms with Crippen molar-refractivity contribution in [2.75, 3.05) is 11.9 Å². The van der Waals surface area contributed by atoms with E-state index in [1.165, 1.54) is 17.8 Å². The second kappa shape index (κ2) is 6.37. The first-order valence-electron chi connectivity index (χ1n) is 7.11. The summed E-state index contributed by atoms with van der Waals surface area (Å²) in [5.41, 5.74) is 0.619. The lowest BCUT2D eigenvalue weighted by atomic mass is 10.1. The van der Waals surface area contributed by atoms with E-state index in [-0.39, 0.29) is 11.5 Å². The fourth-order valence-corrected chi connectivity index (χ4v) is 3.12. The Hall–Kier alpha value is -2.80. The molecule has 122 valence electrons. The molecule has 1 N–H and O–H groups in total. The van der Waals surface area contributed by atoms with Crippen LogP contribution in [0.1, 0.15) is 21.9 Å². The smallest absolute Gasteiger partial charge is 0.337 e. The molecule has 7 heteroatoms. The van der Waals surface area contributed by atoms with E-state index in [0.717, 1.165) is 5.76 Å². The van der Waals surface area contributed by atoms with Crippen LogP contribution in [-0.2, 0) is 4.79 Å². The van der Waals surface area contributed by atoms with Crippen LogP contribution in [0.15, 0.2) is 50.7 Å². The van der Waals surface area contributed by atoms with Gasteiger partial charge in [0.15, 0.2) is 5.17 Å². The summed E-state index contributed by atoms with van der Waals surface area (Å²) in [6.45, 7) is 1.82. The molecule has 0 fully saturated rings. The fourth-order valence-electron chi connectivity index (χ4n) is 2.25. The summed E-state index contributed by atoms with van der Waals surface area (Å²) in [6.07, 6.45) is 1.63. The molecule has 0 bridgehead atoms. The largest absolute Gasteiger partial charge is 0.478 e. The summed E-state index contributed by atoms with van der Waals surface area (Å²) in [4.78, 5) is 29.5. The first-order chi connectivity index (χ1) is 11.5. The van der Waals surface area contributed by atoms with E-state index in [9.17, 15) is 14.7 Å². The number of rotatable bonds is 3. The molecule has 0 unspecified atom stereocenters. The molecule has 1 aromatic carbocycles. The van der Waals surface area contributed by atoms with Crippen molar-refractivity contribution >= 4 is 40.6 Å². The van der Waals surface area contributed by atoms with Gasteiger partial charge in [0.2, 0.25) is 0 Å². The number of amides is 1. The van der Waals surface area contributed by atoms with Gasteiger partial charge in [-0.05, 0) is 43.0 Å². The Kier molecular flexibility index (Phi) is 4.26. The van der Waals surface area contributed by atoms with Gasteiger partial charge in [-0.15, -0.1) is 0 Å². The lowest BCUT2D eigenvalue weighted by molar-refractivity contribution is -0.113. The highest BCUT2D eigenvalue weighted by Crippen LogP contribution is 2.33. The maximum atomic E-state index is 12.1. The van der Waals surface area contributed by atoms with Gasteiger partial charge in [-0.25, -0.2) is 4.79 Å². The summed E-state index contributed by atoms with van der Waals surface area (Å²) in [7, 11) is 1.68. The zero-order valence-electron chi connectivity index (χ0n) is 13.0. The molecular formula is C17H14N2O4S. The fraction of sp³-hybridized carbons (Fsp3) is 0.118. The van der Waals surface area contributed by atoms with E-state index in [0.29, 0.717) is 21.5 Å². The van der Waals surface area contributed by atoms with E-state index in [2.05, 4.69) is 4.99 Å². The standard InChI is InChI=1S/C17H14N2O4S/c1-10-7-8-11(23-10)9-14-15(20)18-17(24-14)19(2)13-6-4-3-5-12(13)16(21)22/h3-9H,1-2H3,(H,21,22)/b14-9-. The minimum atomic E-state index is -1.03. The van der Waals surface area contributed by atoms with Gasteiger partial charge < -0.3 is 14.4 Å².